The van der Waals surface area contributed by atoms with E-state index in [1.165, 1.54) is 12.8 Å². The van der Waals surface area contributed by atoms with Crippen molar-refractivity contribution in [2.75, 3.05) is 5.32 Å². The van der Waals surface area contributed by atoms with E-state index < -0.39 is 5.91 Å². The molecular formula is C14H18N2O2. The van der Waals surface area contributed by atoms with Crippen molar-refractivity contribution in [3.05, 3.63) is 29.8 Å². The molecule has 0 heterocycles. The second kappa shape index (κ2) is 5.67. The lowest BCUT2D eigenvalue weighted by atomic mass is 10.0. The van der Waals surface area contributed by atoms with Crippen LogP contribution in [0.2, 0.25) is 0 Å². The lowest BCUT2D eigenvalue weighted by Crippen LogP contribution is -2.19. The number of anilines is 1. The van der Waals surface area contributed by atoms with Crippen molar-refractivity contribution in [2.24, 2.45) is 11.7 Å². The second-order valence-corrected chi connectivity index (χ2v) is 4.81. The molecule has 4 heteroatoms. The lowest BCUT2D eigenvalue weighted by Gasteiger charge is -2.11. The van der Waals surface area contributed by atoms with E-state index in [1.807, 2.05) is 0 Å². The number of benzene rings is 1. The molecule has 1 aliphatic rings. The Morgan fingerprint density at radius 2 is 1.89 bits per heavy atom. The highest BCUT2D eigenvalue weighted by Gasteiger charge is 2.19. The van der Waals surface area contributed by atoms with E-state index in [1.54, 1.807) is 24.3 Å². The van der Waals surface area contributed by atoms with Crippen LogP contribution in [0.25, 0.3) is 0 Å². The Labute approximate surface area is 107 Å². The van der Waals surface area contributed by atoms with Gasteiger partial charge in [-0.1, -0.05) is 25.0 Å². The third-order valence-electron chi connectivity index (χ3n) is 3.42. The quantitative estimate of drug-likeness (QED) is 0.855. The van der Waals surface area contributed by atoms with Crippen LogP contribution in [0.4, 0.5) is 5.69 Å². The molecule has 0 aliphatic heterocycles. The van der Waals surface area contributed by atoms with E-state index in [0.29, 0.717) is 23.6 Å². The Kier molecular flexibility index (Phi) is 3.97. The van der Waals surface area contributed by atoms with Crippen LogP contribution in [0.5, 0.6) is 0 Å². The highest BCUT2D eigenvalue weighted by atomic mass is 16.2. The number of nitrogens with two attached hydrogens (primary N) is 1. The van der Waals surface area contributed by atoms with Gasteiger partial charge in [0, 0.05) is 6.42 Å². The number of hydrogen-bond donors (Lipinski definition) is 2. The first kappa shape index (κ1) is 12.6. The zero-order valence-corrected chi connectivity index (χ0v) is 10.3. The SMILES string of the molecule is NC(=O)c1ccccc1NC(=O)CC1CCCC1. The molecule has 0 atom stereocenters. The zero-order chi connectivity index (χ0) is 13.0. The summed E-state index contributed by atoms with van der Waals surface area (Å²) in [5.74, 6) is -0.0619. The maximum Gasteiger partial charge on any atom is 0.250 e. The molecule has 0 unspecified atom stereocenters. The first-order chi connectivity index (χ1) is 8.66. The van der Waals surface area contributed by atoms with Crippen molar-refractivity contribution < 1.29 is 9.59 Å². The van der Waals surface area contributed by atoms with E-state index in [0.717, 1.165) is 12.8 Å². The number of para-hydroxylation sites is 1. The van der Waals surface area contributed by atoms with Gasteiger partial charge in [-0.15, -0.1) is 0 Å². The highest BCUT2D eigenvalue weighted by Crippen LogP contribution is 2.28. The fourth-order valence-electron chi connectivity index (χ4n) is 2.48. The minimum absolute atomic E-state index is 0.0319. The summed E-state index contributed by atoms with van der Waals surface area (Å²) in [6.07, 6.45) is 5.23. The van der Waals surface area contributed by atoms with Gasteiger partial charge < -0.3 is 11.1 Å². The largest absolute Gasteiger partial charge is 0.366 e. The molecule has 1 saturated carbocycles. The summed E-state index contributed by atoms with van der Waals surface area (Å²) >= 11 is 0. The molecule has 3 N–H and O–H groups in total. The van der Waals surface area contributed by atoms with E-state index in [2.05, 4.69) is 5.32 Å². The van der Waals surface area contributed by atoms with E-state index in [9.17, 15) is 9.59 Å². The monoisotopic (exact) mass is 246 g/mol. The van der Waals surface area contributed by atoms with E-state index in [-0.39, 0.29) is 5.91 Å². The topological polar surface area (TPSA) is 72.2 Å². The van der Waals surface area contributed by atoms with Gasteiger partial charge in [-0.05, 0) is 30.9 Å². The van der Waals surface area contributed by atoms with Crippen molar-refractivity contribution in [1.82, 2.24) is 0 Å². The summed E-state index contributed by atoms with van der Waals surface area (Å²) in [6, 6.07) is 6.82. The number of nitrogens with one attached hydrogen (secondary N) is 1. The van der Waals surface area contributed by atoms with Crippen molar-refractivity contribution in [2.45, 2.75) is 32.1 Å². The van der Waals surface area contributed by atoms with E-state index >= 15 is 0 Å². The third-order valence-corrected chi connectivity index (χ3v) is 3.42. The van der Waals surface area contributed by atoms with Crippen LogP contribution in [0.15, 0.2) is 24.3 Å². The van der Waals surface area contributed by atoms with Crippen LogP contribution in [0.1, 0.15) is 42.5 Å². The average molecular weight is 246 g/mol. The number of rotatable bonds is 4. The predicted molar refractivity (Wildman–Crippen MR) is 70.2 cm³/mol. The number of carbonyl (C=O) groups is 2. The van der Waals surface area contributed by atoms with Crippen molar-refractivity contribution >= 4 is 17.5 Å². The minimum atomic E-state index is -0.522. The van der Waals surface area contributed by atoms with E-state index in [4.69, 9.17) is 5.73 Å². The number of primary amides is 1. The maximum atomic E-state index is 11.9. The van der Waals surface area contributed by atoms with Gasteiger partial charge in [-0.2, -0.15) is 0 Å². The smallest absolute Gasteiger partial charge is 0.250 e. The molecule has 2 amide bonds. The molecule has 2 rings (SSSR count). The number of carbonyl (C=O) groups excluding carboxylic acids is 2. The summed E-state index contributed by atoms with van der Waals surface area (Å²) in [4.78, 5) is 23.1. The van der Waals surface area contributed by atoms with Crippen LogP contribution < -0.4 is 11.1 Å². The van der Waals surface area contributed by atoms with Gasteiger partial charge in [-0.3, -0.25) is 9.59 Å². The van der Waals surface area contributed by atoms with Crippen molar-refractivity contribution in [3.8, 4) is 0 Å². The van der Waals surface area contributed by atoms with Gasteiger partial charge in [0.25, 0.3) is 5.91 Å². The van der Waals surface area contributed by atoms with Gasteiger partial charge in [0.1, 0.15) is 0 Å². The van der Waals surface area contributed by atoms with Crippen LogP contribution >= 0.6 is 0 Å². The number of amides is 2. The van der Waals surface area contributed by atoms with Gasteiger partial charge in [0.2, 0.25) is 5.91 Å². The molecule has 1 aromatic carbocycles. The molecule has 0 saturated heterocycles. The first-order valence-electron chi connectivity index (χ1n) is 6.35. The van der Waals surface area contributed by atoms with Gasteiger partial charge in [-0.25, -0.2) is 0 Å². The molecule has 96 valence electrons. The Hall–Kier alpha value is -1.84. The molecule has 1 fully saturated rings. The molecule has 18 heavy (non-hydrogen) atoms. The fraction of sp³-hybridized carbons (Fsp3) is 0.429. The summed E-state index contributed by atoms with van der Waals surface area (Å²) in [6.45, 7) is 0. The molecule has 0 spiro atoms. The van der Waals surface area contributed by atoms with Crippen LogP contribution in [0, 0.1) is 5.92 Å². The number of hydrogen-bond acceptors (Lipinski definition) is 2. The highest BCUT2D eigenvalue weighted by molar-refractivity contribution is 6.02. The normalized spacial score (nSPS) is 15.6. The molecule has 1 aliphatic carbocycles. The molecule has 4 nitrogen and oxygen atoms in total. The van der Waals surface area contributed by atoms with Gasteiger partial charge in [0.15, 0.2) is 0 Å². The van der Waals surface area contributed by atoms with Crippen LogP contribution in [-0.4, -0.2) is 11.8 Å². The van der Waals surface area contributed by atoms with Crippen molar-refractivity contribution in [1.29, 1.82) is 0 Å². The van der Waals surface area contributed by atoms with Gasteiger partial charge in [0.05, 0.1) is 11.3 Å². The summed E-state index contributed by atoms with van der Waals surface area (Å²) in [7, 11) is 0. The third kappa shape index (κ3) is 3.09. The summed E-state index contributed by atoms with van der Waals surface area (Å²) in [5.41, 5.74) is 6.13. The average Bonchev–Trinajstić information content (AvgIpc) is 2.82. The van der Waals surface area contributed by atoms with Crippen molar-refractivity contribution in [3.63, 3.8) is 0 Å². The van der Waals surface area contributed by atoms with Crippen LogP contribution in [0.3, 0.4) is 0 Å². The minimum Gasteiger partial charge on any atom is -0.366 e. The Morgan fingerprint density at radius 1 is 1.22 bits per heavy atom. The molecular weight excluding hydrogens is 228 g/mol. The fourth-order valence-corrected chi connectivity index (χ4v) is 2.48. The first-order valence-corrected chi connectivity index (χ1v) is 6.35. The molecule has 0 aromatic heterocycles. The second-order valence-electron chi connectivity index (χ2n) is 4.81. The van der Waals surface area contributed by atoms with Gasteiger partial charge >= 0.3 is 0 Å². The molecule has 0 bridgehead atoms. The summed E-state index contributed by atoms with van der Waals surface area (Å²) < 4.78 is 0. The Bertz CT molecular complexity index is 451. The maximum absolute atomic E-state index is 11.9. The summed E-state index contributed by atoms with van der Waals surface area (Å²) in [5, 5.41) is 2.78. The Morgan fingerprint density at radius 3 is 2.56 bits per heavy atom. The standard InChI is InChI=1S/C14H18N2O2/c15-14(18)11-7-3-4-8-12(11)16-13(17)9-10-5-1-2-6-10/h3-4,7-8,10H,1-2,5-6,9H2,(H2,15,18)(H,16,17). The van der Waals surface area contributed by atoms with Crippen LogP contribution in [-0.2, 0) is 4.79 Å². The molecule has 0 radical (unpaired) electrons. The predicted octanol–water partition coefficient (Wildman–Crippen LogP) is 2.30. The molecule has 1 aromatic rings. The zero-order valence-electron chi connectivity index (χ0n) is 10.3. The Balaban J connectivity index is 2.00. The lowest BCUT2D eigenvalue weighted by molar-refractivity contribution is -0.117.